The molecule has 1 N–H and O–H groups in total. The van der Waals surface area contributed by atoms with Gasteiger partial charge in [-0.25, -0.2) is 13.0 Å². The topological polar surface area (TPSA) is 127 Å². The van der Waals surface area contributed by atoms with Crippen LogP contribution in [-0.4, -0.2) is 52.1 Å². The first-order valence-corrected chi connectivity index (χ1v) is 17.4. The predicted octanol–water partition coefficient (Wildman–Crippen LogP) is -0.723. The molecule has 0 fully saturated rings. The molecule has 0 radical (unpaired) electrons. The van der Waals surface area contributed by atoms with E-state index in [-0.39, 0.29) is 35.1 Å². The predicted molar refractivity (Wildman–Crippen MR) is 155 cm³/mol. The summed E-state index contributed by atoms with van der Waals surface area (Å²) in [5, 5.41) is 1.93. The maximum Gasteiger partial charge on any atom is 1.00 e. The van der Waals surface area contributed by atoms with Crippen molar-refractivity contribution in [2.24, 2.45) is 0 Å². The molecule has 8 rings (SSSR count). The van der Waals surface area contributed by atoms with Crippen molar-refractivity contribution in [1.29, 1.82) is 0 Å². The van der Waals surface area contributed by atoms with Gasteiger partial charge in [0.2, 0.25) is 5.36 Å². The van der Waals surface area contributed by atoms with Crippen molar-refractivity contribution in [2.45, 2.75) is 61.2 Å². The second kappa shape index (κ2) is 10.4. The van der Waals surface area contributed by atoms with E-state index >= 15 is 0 Å². The Balaban J connectivity index is 0.00000300. The quantitative estimate of drug-likeness (QED) is 0.179. The van der Waals surface area contributed by atoms with Crippen molar-refractivity contribution in [2.75, 3.05) is 31.1 Å². The molecule has 0 unspecified atom stereocenters. The fourth-order valence-corrected chi connectivity index (χ4v) is 9.17. The molecule has 9 nitrogen and oxygen atoms in total. The van der Waals surface area contributed by atoms with Crippen molar-refractivity contribution >= 4 is 31.5 Å². The number of rotatable bonds is 3. The first-order valence-electron chi connectivity index (χ1n) is 14.6. The van der Waals surface area contributed by atoms with E-state index < -0.39 is 30.0 Å². The Kier molecular flexibility index (Phi) is 7.13. The molecule has 0 saturated heterocycles. The first-order chi connectivity index (χ1) is 20.1. The van der Waals surface area contributed by atoms with Crippen molar-refractivity contribution in [3.8, 4) is 11.5 Å². The van der Waals surface area contributed by atoms with Gasteiger partial charge in [0.05, 0.1) is 15.4 Å². The molecule has 43 heavy (non-hydrogen) atoms. The second-order valence-electron chi connectivity index (χ2n) is 11.9. The third kappa shape index (κ3) is 4.62. The molecule has 5 aliphatic rings. The summed E-state index contributed by atoms with van der Waals surface area (Å²) < 4.78 is 81.2. The molecule has 0 aromatic heterocycles. The van der Waals surface area contributed by atoms with Crippen LogP contribution in [0.5, 0.6) is 11.5 Å². The number of hydrogen-bond acceptors (Lipinski definition) is 7. The van der Waals surface area contributed by atoms with Crippen LogP contribution >= 0.6 is 0 Å². The molecule has 0 bridgehead atoms. The Morgan fingerprint density at radius 1 is 0.814 bits per heavy atom. The van der Waals surface area contributed by atoms with E-state index in [2.05, 4.69) is 21.6 Å². The fraction of sp³-hybridized carbons (Fsp3) is 0.387. The van der Waals surface area contributed by atoms with E-state index in [0.29, 0.717) is 17.1 Å². The number of anilines is 1. The van der Waals surface area contributed by atoms with Crippen molar-refractivity contribution < 1.29 is 60.2 Å². The Morgan fingerprint density at radius 2 is 1.51 bits per heavy atom. The van der Waals surface area contributed by atoms with E-state index in [1.165, 1.54) is 28.2 Å². The minimum absolute atomic E-state index is 0. The molecule has 3 aromatic carbocycles. The maximum atomic E-state index is 12.7. The standard InChI is InChI=1S/C31H30N2O7S2.Na/c34-41(35,36)20-9-10-21(26(17-20)42(37,38)39)27-24-15-18-5-1-11-32-13-3-7-22(28(18)32)30(24)40-31-23-8-4-14-33-12-2-6-19(29(23)33)16-25(27)31;/h9-10,15-17H,1-8,11-14H2,(H-,34,35,36,37,38,39);/q;+1. The van der Waals surface area contributed by atoms with Crippen LogP contribution in [0.1, 0.15) is 59.1 Å². The normalized spacial score (nSPS) is 18.5. The van der Waals surface area contributed by atoms with Gasteiger partial charge in [0, 0.05) is 64.7 Å². The van der Waals surface area contributed by atoms with Gasteiger partial charge >= 0.3 is 29.6 Å². The van der Waals surface area contributed by atoms with Gasteiger partial charge in [0.15, 0.2) is 0 Å². The molecule has 3 aromatic rings. The summed E-state index contributed by atoms with van der Waals surface area (Å²) in [7, 11) is -9.88. The van der Waals surface area contributed by atoms with Crippen LogP contribution < -0.4 is 54.3 Å². The summed E-state index contributed by atoms with van der Waals surface area (Å²) in [4.78, 5) is 1.11. The van der Waals surface area contributed by atoms with E-state index in [1.807, 2.05) is 0 Å². The van der Waals surface area contributed by atoms with E-state index in [9.17, 15) is 25.9 Å². The third-order valence-electron chi connectivity index (χ3n) is 9.48. The van der Waals surface area contributed by atoms with Gasteiger partial charge in [-0.1, -0.05) is 6.07 Å². The van der Waals surface area contributed by atoms with Gasteiger partial charge in [-0.05, 0) is 68.4 Å². The smallest absolute Gasteiger partial charge is 0.744 e. The molecular formula is C31H30N2NaO7S2+. The van der Waals surface area contributed by atoms with Crippen LogP contribution in [0.15, 0.2) is 40.1 Å². The Bertz CT molecular complexity index is 2090. The van der Waals surface area contributed by atoms with Gasteiger partial charge in [0.1, 0.15) is 34.7 Å². The Labute approximate surface area is 272 Å². The number of hydrogen-bond donors (Lipinski definition) is 1. The molecule has 0 spiro atoms. The summed E-state index contributed by atoms with van der Waals surface area (Å²) in [5.74, 6) is 1.39. The summed E-state index contributed by atoms with van der Waals surface area (Å²) in [6.45, 7) is 3.93. The fourth-order valence-electron chi connectivity index (χ4n) is 7.88. The molecule has 218 valence electrons. The Morgan fingerprint density at radius 3 is 2.26 bits per heavy atom. The van der Waals surface area contributed by atoms with Crippen LogP contribution in [0.2, 0.25) is 0 Å². The zero-order valence-corrected chi connectivity index (χ0v) is 27.6. The van der Waals surface area contributed by atoms with Gasteiger partial charge < -0.3 is 14.2 Å². The number of fused-ring (bicyclic) bond motifs is 4. The number of nitrogens with zero attached hydrogens (tertiary/aromatic N) is 2. The number of benzene rings is 3. The van der Waals surface area contributed by atoms with Crippen molar-refractivity contribution in [3.05, 3.63) is 74.3 Å². The molecule has 5 aliphatic heterocycles. The zero-order valence-electron chi connectivity index (χ0n) is 24.0. The van der Waals surface area contributed by atoms with E-state index in [4.69, 9.17) is 4.74 Å². The SMILES string of the molecule is O=S(=O)([O-])c1cc(S(=O)(=O)O)ccc1C1=c2cc3c4c(c2Oc2c1cc1c5c2CCCN5CCC1)CCC[N+]=4CCC3.[Na+]. The average molecular weight is 630 g/mol. The molecular weight excluding hydrogens is 599 g/mol. The van der Waals surface area contributed by atoms with Gasteiger partial charge in [0.25, 0.3) is 10.1 Å². The summed E-state index contributed by atoms with van der Waals surface area (Å²) in [6, 6.07) is 7.45. The van der Waals surface area contributed by atoms with Gasteiger partial charge in [-0.3, -0.25) is 4.55 Å². The van der Waals surface area contributed by atoms with Crippen LogP contribution in [0.3, 0.4) is 0 Å². The maximum absolute atomic E-state index is 12.7. The molecule has 0 aliphatic carbocycles. The summed E-state index contributed by atoms with van der Waals surface area (Å²) >= 11 is 0. The van der Waals surface area contributed by atoms with E-state index in [0.717, 1.165) is 112 Å². The number of ether oxygens (including phenoxy) is 1. The zero-order chi connectivity index (χ0) is 29.0. The van der Waals surface area contributed by atoms with Crippen molar-refractivity contribution in [3.63, 3.8) is 0 Å². The Hall–Kier alpha value is -2.25. The average Bonchev–Trinajstić information content (AvgIpc) is 2.96. The van der Waals surface area contributed by atoms with Crippen LogP contribution in [0.25, 0.3) is 5.57 Å². The molecule has 0 atom stereocenters. The first kappa shape index (κ1) is 29.5. The van der Waals surface area contributed by atoms with E-state index in [1.54, 1.807) is 0 Å². The molecule has 0 saturated carbocycles. The third-order valence-corrected chi connectivity index (χ3v) is 11.2. The number of aryl methyl sites for hydroxylation is 2. The molecule has 5 heterocycles. The summed E-state index contributed by atoms with van der Waals surface area (Å²) in [6.07, 6.45) is 7.38. The largest absolute Gasteiger partial charge is 1.00 e. The van der Waals surface area contributed by atoms with Gasteiger partial charge in [-0.15, -0.1) is 0 Å². The summed E-state index contributed by atoms with van der Waals surface area (Å²) in [5.41, 5.74) is 7.17. The van der Waals surface area contributed by atoms with Crippen LogP contribution in [0.4, 0.5) is 5.69 Å². The monoisotopic (exact) mass is 629 g/mol. The molecule has 0 amide bonds. The van der Waals surface area contributed by atoms with Crippen LogP contribution in [0, 0.1) is 0 Å². The minimum atomic E-state index is -5.14. The molecule has 12 heteroatoms. The van der Waals surface area contributed by atoms with Crippen LogP contribution in [-0.2, 0) is 45.9 Å². The second-order valence-corrected chi connectivity index (χ2v) is 14.7. The minimum Gasteiger partial charge on any atom is -0.744 e. The van der Waals surface area contributed by atoms with Gasteiger partial charge in [-0.2, -0.15) is 8.42 Å². The van der Waals surface area contributed by atoms with Crippen molar-refractivity contribution in [1.82, 2.24) is 4.58 Å².